The smallest absolute Gasteiger partial charge is 0.249 e. The van der Waals surface area contributed by atoms with E-state index in [0.717, 1.165) is 33.4 Å². The molecule has 4 amide bonds. The van der Waals surface area contributed by atoms with Gasteiger partial charge in [-0.05, 0) is 86.2 Å². The Hall–Kier alpha value is -5.49. The zero-order chi connectivity index (χ0) is 36.6. The molecular weight excluding hydrogens is 656 g/mol. The first-order valence-electron chi connectivity index (χ1n) is 17.9. The number of benzene rings is 2. The Labute approximate surface area is 303 Å². The minimum absolute atomic E-state index is 0.0566. The summed E-state index contributed by atoms with van der Waals surface area (Å²) in [5.41, 5.74) is 11.1. The van der Waals surface area contributed by atoms with E-state index in [4.69, 9.17) is 5.73 Å². The lowest BCUT2D eigenvalue weighted by Gasteiger charge is -2.42. The van der Waals surface area contributed by atoms with Gasteiger partial charge in [-0.1, -0.05) is 55.0 Å². The number of amides is 4. The molecular formula is C40H46N8O4. The van der Waals surface area contributed by atoms with Crippen molar-refractivity contribution in [3.63, 3.8) is 0 Å². The van der Waals surface area contributed by atoms with Gasteiger partial charge in [0.1, 0.15) is 18.4 Å². The summed E-state index contributed by atoms with van der Waals surface area (Å²) < 4.78 is 0. The molecule has 12 nitrogen and oxygen atoms in total. The molecule has 6 N–H and O–H groups in total. The van der Waals surface area contributed by atoms with Crippen molar-refractivity contribution in [1.29, 1.82) is 0 Å². The minimum Gasteiger partial charge on any atom is -0.386 e. The van der Waals surface area contributed by atoms with Crippen LogP contribution in [-0.2, 0) is 50.5 Å². The number of aromatic nitrogens is 1. The van der Waals surface area contributed by atoms with Crippen molar-refractivity contribution in [2.24, 2.45) is 11.1 Å². The number of nitrogens with two attached hydrogens (primary N) is 1. The molecule has 52 heavy (non-hydrogen) atoms. The molecule has 1 aliphatic carbocycles. The third-order valence-corrected chi connectivity index (χ3v) is 11.0. The molecule has 0 saturated carbocycles. The van der Waals surface area contributed by atoms with Gasteiger partial charge >= 0.3 is 0 Å². The molecule has 1 fully saturated rings. The molecule has 1 spiro atoms. The number of rotatable bonds is 9. The monoisotopic (exact) mass is 702 g/mol. The van der Waals surface area contributed by atoms with E-state index in [1.54, 1.807) is 34.2 Å². The molecule has 3 aliphatic heterocycles. The Morgan fingerprint density at radius 2 is 1.85 bits per heavy atom. The van der Waals surface area contributed by atoms with Gasteiger partial charge in [0.05, 0.1) is 11.2 Å². The fourth-order valence-electron chi connectivity index (χ4n) is 8.09. The number of carbonyl (C=O) groups excluding carboxylic acids is 4. The highest BCUT2D eigenvalue weighted by atomic mass is 16.2. The van der Waals surface area contributed by atoms with Crippen LogP contribution in [0.5, 0.6) is 0 Å². The van der Waals surface area contributed by atoms with Gasteiger partial charge in [-0.15, -0.1) is 0 Å². The Balaban J connectivity index is 1.07. The fourth-order valence-corrected chi connectivity index (χ4v) is 8.09. The summed E-state index contributed by atoms with van der Waals surface area (Å²) in [6.45, 7) is 5.55. The highest BCUT2D eigenvalue weighted by Gasteiger charge is 2.51. The molecule has 3 aromatic rings. The fraction of sp³-hybridized carbons (Fsp3) is 0.375. The first-order valence-corrected chi connectivity index (χ1v) is 17.9. The lowest BCUT2D eigenvalue weighted by molar-refractivity contribution is -0.149. The van der Waals surface area contributed by atoms with Crippen LogP contribution < -0.4 is 27.0 Å². The predicted octanol–water partition coefficient (Wildman–Crippen LogP) is 3.02. The normalized spacial score (nSPS) is 21.1. The number of nitrogens with zero attached hydrogens (tertiary/aromatic N) is 3. The standard InChI is InChI=1S/C40H46N8O4/c1-25-9-10-27(29(18-25)22-42-3)23-48(38(52)39(2)13-16-47(17-14-39)36(50)32-7-4-8-33(41)45-32)24-34(49)44-30-12-11-26-20-40(21-28(26)19-30)31-6-5-15-43-35(31)46-37(40)51/h4-12,15,18-19,32,42,45H,13-14,16-17,20-24,41H2,1-3H3,(H,44,49)(H,43,46,51)/t32?,40-/m1/s1. The molecule has 0 bridgehead atoms. The second kappa shape index (κ2) is 13.9. The number of allylic oxidation sites excluding steroid dienone is 2. The molecule has 1 unspecified atom stereocenters. The third kappa shape index (κ3) is 6.66. The van der Waals surface area contributed by atoms with Crippen LogP contribution in [-0.4, -0.2) is 71.1 Å². The quantitative estimate of drug-likeness (QED) is 0.228. The van der Waals surface area contributed by atoms with Crippen LogP contribution in [0, 0.1) is 12.3 Å². The minimum atomic E-state index is -0.769. The van der Waals surface area contributed by atoms with Gasteiger partial charge in [-0.2, -0.15) is 0 Å². The number of nitrogens with one attached hydrogen (secondary N) is 4. The number of hydrogen-bond acceptors (Lipinski definition) is 8. The number of pyridine rings is 1. The van der Waals surface area contributed by atoms with Crippen molar-refractivity contribution in [3.05, 3.63) is 112 Å². The average Bonchev–Trinajstić information content (AvgIpc) is 3.65. The van der Waals surface area contributed by atoms with Gasteiger partial charge in [-0.25, -0.2) is 4.98 Å². The number of dihydropyridines is 1. The largest absolute Gasteiger partial charge is 0.386 e. The van der Waals surface area contributed by atoms with E-state index in [9.17, 15) is 19.2 Å². The Bertz CT molecular complexity index is 2000. The number of fused-ring (bicyclic) bond motifs is 3. The summed E-state index contributed by atoms with van der Waals surface area (Å²) in [6.07, 6.45) is 8.95. The lowest BCUT2D eigenvalue weighted by atomic mass is 9.78. The number of likely N-dealkylation sites (tertiary alicyclic amines) is 1. The average molecular weight is 703 g/mol. The molecule has 4 aliphatic rings. The molecule has 2 atom stereocenters. The number of anilines is 2. The molecule has 12 heteroatoms. The molecule has 1 saturated heterocycles. The summed E-state index contributed by atoms with van der Waals surface area (Å²) >= 11 is 0. The second-order valence-corrected chi connectivity index (χ2v) is 14.8. The van der Waals surface area contributed by atoms with E-state index >= 15 is 0 Å². The molecule has 1 aromatic heterocycles. The number of aryl methyl sites for hydroxylation is 1. The van der Waals surface area contributed by atoms with Gasteiger partial charge < -0.3 is 36.8 Å². The van der Waals surface area contributed by atoms with Crippen LogP contribution in [0.3, 0.4) is 0 Å². The molecule has 2 aromatic carbocycles. The zero-order valence-corrected chi connectivity index (χ0v) is 29.9. The van der Waals surface area contributed by atoms with E-state index in [0.29, 0.717) is 62.6 Å². The maximum Gasteiger partial charge on any atom is 0.249 e. The van der Waals surface area contributed by atoms with Crippen LogP contribution >= 0.6 is 0 Å². The Morgan fingerprint density at radius 1 is 1.06 bits per heavy atom. The second-order valence-electron chi connectivity index (χ2n) is 14.8. The van der Waals surface area contributed by atoms with Crippen LogP contribution in [0.15, 0.2) is 78.8 Å². The first kappa shape index (κ1) is 34.9. The maximum absolute atomic E-state index is 14.5. The first-order chi connectivity index (χ1) is 25.0. The summed E-state index contributed by atoms with van der Waals surface area (Å²) in [7, 11) is 1.88. The van der Waals surface area contributed by atoms with Crippen molar-refractivity contribution < 1.29 is 19.2 Å². The van der Waals surface area contributed by atoms with Crippen molar-refractivity contribution >= 4 is 35.1 Å². The van der Waals surface area contributed by atoms with Crippen LogP contribution in [0.4, 0.5) is 11.5 Å². The van der Waals surface area contributed by atoms with E-state index in [-0.39, 0.29) is 36.7 Å². The van der Waals surface area contributed by atoms with Crippen LogP contribution in [0.1, 0.15) is 53.1 Å². The number of piperidine rings is 1. The van der Waals surface area contributed by atoms with Crippen molar-refractivity contribution in [3.8, 4) is 0 Å². The molecule has 4 heterocycles. The van der Waals surface area contributed by atoms with Gasteiger partial charge in [0.2, 0.25) is 23.6 Å². The predicted molar refractivity (Wildman–Crippen MR) is 199 cm³/mol. The van der Waals surface area contributed by atoms with Crippen LogP contribution in [0.2, 0.25) is 0 Å². The van der Waals surface area contributed by atoms with Crippen molar-refractivity contribution in [1.82, 2.24) is 25.4 Å². The zero-order valence-electron chi connectivity index (χ0n) is 29.9. The topological polar surface area (TPSA) is 162 Å². The van der Waals surface area contributed by atoms with Gasteiger partial charge in [0.15, 0.2) is 0 Å². The molecule has 0 radical (unpaired) electrons. The van der Waals surface area contributed by atoms with Crippen molar-refractivity contribution in [2.75, 3.05) is 37.3 Å². The van der Waals surface area contributed by atoms with E-state index in [1.807, 2.05) is 63.4 Å². The summed E-state index contributed by atoms with van der Waals surface area (Å²) in [5.74, 6) is 0.478. The molecule has 7 rings (SSSR count). The Kier molecular flexibility index (Phi) is 9.35. The summed E-state index contributed by atoms with van der Waals surface area (Å²) in [5, 5.41) is 12.2. The highest BCUT2D eigenvalue weighted by Crippen LogP contribution is 2.47. The number of carbonyl (C=O) groups is 4. The van der Waals surface area contributed by atoms with Crippen LogP contribution in [0.25, 0.3) is 0 Å². The third-order valence-electron chi connectivity index (χ3n) is 11.0. The molecule has 270 valence electrons. The SMILES string of the molecule is CNCc1cc(C)ccc1CN(CC(=O)Nc1ccc2c(c1)C[C@@]1(C2)C(=O)Nc2ncccc21)C(=O)C1(C)CCN(C(=O)C2C=CC=C(N)N2)CC1. The van der Waals surface area contributed by atoms with E-state index < -0.39 is 16.9 Å². The van der Waals surface area contributed by atoms with Gasteiger partial charge in [0, 0.05) is 49.0 Å². The lowest BCUT2D eigenvalue weighted by Crippen LogP contribution is -2.54. The van der Waals surface area contributed by atoms with Crippen molar-refractivity contribution in [2.45, 2.75) is 64.1 Å². The highest BCUT2D eigenvalue weighted by molar-refractivity contribution is 6.06. The summed E-state index contributed by atoms with van der Waals surface area (Å²) in [6, 6.07) is 15.2. The van der Waals surface area contributed by atoms with Gasteiger partial charge in [0.25, 0.3) is 0 Å². The van der Waals surface area contributed by atoms with E-state index in [2.05, 4.69) is 32.3 Å². The Morgan fingerprint density at radius 3 is 2.62 bits per heavy atom. The number of hydrogen-bond donors (Lipinski definition) is 5. The maximum atomic E-state index is 14.5. The summed E-state index contributed by atoms with van der Waals surface area (Å²) in [4.78, 5) is 62.6. The van der Waals surface area contributed by atoms with Gasteiger partial charge in [-0.3, -0.25) is 19.2 Å². The van der Waals surface area contributed by atoms with E-state index in [1.165, 1.54) is 0 Å².